The fraction of sp³-hybridized carbons (Fsp3) is 0.316. The number of rotatable bonds is 4. The van der Waals surface area contributed by atoms with E-state index in [4.69, 9.17) is 0 Å². The first-order chi connectivity index (χ1) is 10.3. The second kappa shape index (κ2) is 6.13. The average Bonchev–Trinajstić information content (AvgIpc) is 2.51. The Hall–Kier alpha value is -2.09. The van der Waals surface area contributed by atoms with E-state index in [0.29, 0.717) is 11.8 Å². The Labute approximate surface area is 126 Å². The molecule has 2 aromatic rings. The zero-order valence-electron chi connectivity index (χ0n) is 12.3. The first-order valence-electron chi connectivity index (χ1n) is 7.61. The van der Waals surface area contributed by atoms with Crippen molar-refractivity contribution in [3.05, 3.63) is 71.8 Å². The van der Waals surface area contributed by atoms with E-state index < -0.39 is 0 Å². The normalized spacial score (nSPS) is 20.9. The van der Waals surface area contributed by atoms with Crippen LogP contribution >= 0.6 is 0 Å². The van der Waals surface area contributed by atoms with Crippen LogP contribution in [0.5, 0.6) is 0 Å². The molecule has 0 heterocycles. The van der Waals surface area contributed by atoms with Crippen molar-refractivity contribution < 1.29 is 4.79 Å². The molecular formula is C19H21NO. The molecule has 1 amide bonds. The molecule has 108 valence electrons. The molecule has 0 saturated heterocycles. The molecule has 3 rings (SSSR count). The van der Waals surface area contributed by atoms with E-state index in [9.17, 15) is 4.79 Å². The van der Waals surface area contributed by atoms with E-state index in [1.807, 2.05) is 0 Å². The molecular weight excluding hydrogens is 258 g/mol. The first kappa shape index (κ1) is 13.9. The van der Waals surface area contributed by atoms with Crippen molar-refractivity contribution in [3.63, 3.8) is 0 Å². The number of amides is 1. The average molecular weight is 279 g/mol. The van der Waals surface area contributed by atoms with Gasteiger partial charge in [0.1, 0.15) is 0 Å². The highest BCUT2D eigenvalue weighted by atomic mass is 16.1. The summed E-state index contributed by atoms with van der Waals surface area (Å²) in [5.74, 6) is 1.33. The molecule has 1 fully saturated rings. The van der Waals surface area contributed by atoms with Crippen LogP contribution in [-0.2, 0) is 4.79 Å². The lowest BCUT2D eigenvalue weighted by molar-refractivity contribution is -0.128. The summed E-state index contributed by atoms with van der Waals surface area (Å²) in [5, 5.41) is 2.77. The monoisotopic (exact) mass is 279 g/mol. The maximum Gasteiger partial charge on any atom is 0.222 e. The molecule has 2 nitrogen and oxygen atoms in total. The predicted octanol–water partition coefficient (Wildman–Crippen LogP) is 3.59. The zero-order valence-corrected chi connectivity index (χ0v) is 12.3. The smallest absolute Gasteiger partial charge is 0.222 e. The number of hydrogen-bond acceptors (Lipinski definition) is 1. The second-order valence-electron chi connectivity index (χ2n) is 5.84. The molecule has 0 aromatic heterocycles. The van der Waals surface area contributed by atoms with Gasteiger partial charge in [0.05, 0.1) is 0 Å². The van der Waals surface area contributed by atoms with Gasteiger partial charge in [0, 0.05) is 18.9 Å². The van der Waals surface area contributed by atoms with E-state index >= 15 is 0 Å². The van der Waals surface area contributed by atoms with Crippen molar-refractivity contribution in [2.24, 2.45) is 11.8 Å². The van der Waals surface area contributed by atoms with Crippen LogP contribution in [0.25, 0.3) is 0 Å². The lowest BCUT2D eigenvalue weighted by atomic mass is 9.64. The summed E-state index contributed by atoms with van der Waals surface area (Å²) in [4.78, 5) is 11.7. The van der Waals surface area contributed by atoms with Crippen LogP contribution in [0.1, 0.15) is 29.9 Å². The van der Waals surface area contributed by atoms with Gasteiger partial charge in [-0.05, 0) is 29.9 Å². The molecule has 21 heavy (non-hydrogen) atoms. The van der Waals surface area contributed by atoms with Crippen molar-refractivity contribution in [1.29, 1.82) is 0 Å². The lowest BCUT2D eigenvalue weighted by Crippen LogP contribution is -2.39. The maximum atomic E-state index is 11.7. The van der Waals surface area contributed by atoms with Gasteiger partial charge in [0.15, 0.2) is 0 Å². The van der Waals surface area contributed by atoms with E-state index in [1.165, 1.54) is 11.1 Å². The minimum Gasteiger partial charge on any atom is -0.359 e. The van der Waals surface area contributed by atoms with Crippen molar-refractivity contribution in [2.75, 3.05) is 7.05 Å². The van der Waals surface area contributed by atoms with Crippen LogP contribution in [0.2, 0.25) is 0 Å². The Bertz CT molecular complexity index is 548. The fourth-order valence-corrected chi connectivity index (χ4v) is 3.41. The van der Waals surface area contributed by atoms with Crippen LogP contribution in [0.15, 0.2) is 60.7 Å². The Morgan fingerprint density at radius 1 is 0.952 bits per heavy atom. The topological polar surface area (TPSA) is 29.1 Å². The van der Waals surface area contributed by atoms with Crippen molar-refractivity contribution >= 4 is 5.91 Å². The molecule has 1 saturated carbocycles. The lowest BCUT2D eigenvalue weighted by Gasteiger charge is -2.40. The number of nitrogens with one attached hydrogen (secondary N) is 1. The molecule has 0 radical (unpaired) electrons. The van der Waals surface area contributed by atoms with Gasteiger partial charge in [-0.15, -0.1) is 0 Å². The number of hydrogen-bond donors (Lipinski definition) is 1. The largest absolute Gasteiger partial charge is 0.359 e. The number of carbonyl (C=O) groups is 1. The van der Waals surface area contributed by atoms with Gasteiger partial charge < -0.3 is 5.32 Å². The molecule has 0 unspecified atom stereocenters. The highest BCUT2D eigenvalue weighted by Crippen LogP contribution is 2.46. The molecule has 2 heteroatoms. The second-order valence-corrected chi connectivity index (χ2v) is 5.84. The molecule has 0 atom stereocenters. The van der Waals surface area contributed by atoms with E-state index in [2.05, 4.69) is 66.0 Å². The minimum atomic E-state index is 0.186. The van der Waals surface area contributed by atoms with Crippen molar-refractivity contribution in [3.8, 4) is 0 Å². The van der Waals surface area contributed by atoms with Gasteiger partial charge in [-0.25, -0.2) is 0 Å². The van der Waals surface area contributed by atoms with Gasteiger partial charge in [0.2, 0.25) is 5.91 Å². The summed E-state index contributed by atoms with van der Waals surface area (Å²) >= 11 is 0. The standard InChI is InChI=1S/C19H21NO/c1-20-19(21)17-12-16(13-17)18(14-8-4-2-5-9-14)15-10-6-3-7-11-15/h2-11,16-18H,12-13H2,1H3,(H,20,21). The third-order valence-electron chi connectivity index (χ3n) is 4.58. The quantitative estimate of drug-likeness (QED) is 0.910. The third-order valence-corrected chi connectivity index (χ3v) is 4.58. The molecule has 0 aliphatic heterocycles. The van der Waals surface area contributed by atoms with Crippen LogP contribution in [0.4, 0.5) is 0 Å². The Morgan fingerprint density at radius 2 is 1.43 bits per heavy atom. The van der Waals surface area contributed by atoms with Crippen molar-refractivity contribution in [1.82, 2.24) is 5.32 Å². The third kappa shape index (κ3) is 2.85. The summed E-state index contributed by atoms with van der Waals surface area (Å²) in [6, 6.07) is 21.3. The van der Waals surface area contributed by atoms with Gasteiger partial charge in [-0.3, -0.25) is 4.79 Å². The van der Waals surface area contributed by atoms with Crippen molar-refractivity contribution in [2.45, 2.75) is 18.8 Å². The van der Waals surface area contributed by atoms with Crippen LogP contribution in [0.3, 0.4) is 0 Å². The maximum absolute atomic E-state index is 11.7. The SMILES string of the molecule is CNC(=O)C1CC(C(c2ccccc2)c2ccccc2)C1. The van der Waals surface area contributed by atoms with Crippen LogP contribution in [-0.4, -0.2) is 13.0 Å². The Morgan fingerprint density at radius 3 is 1.86 bits per heavy atom. The van der Waals surface area contributed by atoms with E-state index in [1.54, 1.807) is 7.05 Å². The number of benzene rings is 2. The molecule has 0 spiro atoms. The highest BCUT2D eigenvalue weighted by Gasteiger charge is 2.39. The first-order valence-corrected chi connectivity index (χ1v) is 7.61. The zero-order chi connectivity index (χ0) is 14.7. The Kier molecular flexibility index (Phi) is 4.05. The fourth-order valence-electron chi connectivity index (χ4n) is 3.41. The van der Waals surface area contributed by atoms with E-state index in [0.717, 1.165) is 12.8 Å². The summed E-state index contributed by atoms with van der Waals surface area (Å²) in [6.07, 6.45) is 1.96. The Balaban J connectivity index is 1.84. The number of carbonyl (C=O) groups excluding carboxylic acids is 1. The minimum absolute atomic E-state index is 0.186. The summed E-state index contributed by atoms with van der Waals surface area (Å²) < 4.78 is 0. The van der Waals surface area contributed by atoms with Gasteiger partial charge in [-0.1, -0.05) is 60.7 Å². The van der Waals surface area contributed by atoms with Gasteiger partial charge >= 0.3 is 0 Å². The van der Waals surface area contributed by atoms with Gasteiger partial charge in [-0.2, -0.15) is 0 Å². The van der Waals surface area contributed by atoms with Crippen LogP contribution in [0, 0.1) is 11.8 Å². The molecule has 1 aliphatic carbocycles. The van der Waals surface area contributed by atoms with Crippen LogP contribution < -0.4 is 5.32 Å². The summed E-state index contributed by atoms with van der Waals surface area (Å²) in [6.45, 7) is 0. The molecule has 1 N–H and O–H groups in total. The summed E-state index contributed by atoms with van der Waals surface area (Å²) in [7, 11) is 1.72. The van der Waals surface area contributed by atoms with Gasteiger partial charge in [0.25, 0.3) is 0 Å². The molecule has 2 aromatic carbocycles. The highest BCUT2D eigenvalue weighted by molar-refractivity contribution is 5.79. The predicted molar refractivity (Wildman–Crippen MR) is 85.0 cm³/mol. The molecule has 1 aliphatic rings. The summed E-state index contributed by atoms with van der Waals surface area (Å²) in [5.41, 5.74) is 2.70. The van der Waals surface area contributed by atoms with E-state index in [-0.39, 0.29) is 11.8 Å². The molecule has 0 bridgehead atoms.